The van der Waals surface area contributed by atoms with Gasteiger partial charge in [0.2, 0.25) is 11.4 Å². The minimum atomic E-state index is -2.69. The molecule has 1 fully saturated rings. The molecule has 2 aromatic heterocycles. The Kier molecular flexibility index (Phi) is 5.40. The molecule has 1 N–H and O–H groups in total. The summed E-state index contributed by atoms with van der Waals surface area (Å²) in [5, 5.41) is 0.923. The SMILES string of the molecule is COc1c(-c2cc3ccccc3nc2N2CCCC(F)(F)CC2)[nH]c(C)c(Cl)c1=O. The molecule has 3 heterocycles. The number of alkyl halides is 2. The van der Waals surface area contributed by atoms with E-state index in [0.29, 0.717) is 35.7 Å². The number of hydrogen-bond acceptors (Lipinski definition) is 4. The van der Waals surface area contributed by atoms with Crippen molar-refractivity contribution in [2.24, 2.45) is 0 Å². The van der Waals surface area contributed by atoms with Crippen LogP contribution in [0.1, 0.15) is 25.0 Å². The Morgan fingerprint density at radius 1 is 1.23 bits per heavy atom. The maximum Gasteiger partial charge on any atom is 0.249 e. The number of aromatic amines is 1. The topological polar surface area (TPSA) is 58.2 Å². The summed E-state index contributed by atoms with van der Waals surface area (Å²) in [6.07, 6.45) is -0.0326. The molecule has 0 saturated carbocycles. The number of methoxy groups -OCH3 is 1. The summed E-state index contributed by atoms with van der Waals surface area (Å²) in [6.45, 7) is 2.32. The first kappa shape index (κ1) is 20.6. The van der Waals surface area contributed by atoms with E-state index in [1.54, 1.807) is 6.92 Å². The van der Waals surface area contributed by atoms with E-state index in [1.165, 1.54) is 7.11 Å². The van der Waals surface area contributed by atoms with Gasteiger partial charge in [0.05, 0.1) is 18.3 Å². The lowest BCUT2D eigenvalue weighted by Gasteiger charge is -2.25. The summed E-state index contributed by atoms with van der Waals surface area (Å²) < 4.78 is 33.3. The zero-order valence-electron chi connectivity index (χ0n) is 16.8. The Balaban J connectivity index is 1.96. The highest BCUT2D eigenvalue weighted by molar-refractivity contribution is 6.31. The Bertz CT molecular complexity index is 1160. The number of fused-ring (bicyclic) bond motifs is 1. The highest BCUT2D eigenvalue weighted by Gasteiger charge is 2.33. The predicted molar refractivity (Wildman–Crippen MR) is 115 cm³/mol. The van der Waals surface area contributed by atoms with Crippen molar-refractivity contribution in [3.8, 4) is 17.0 Å². The molecule has 4 rings (SSSR count). The summed E-state index contributed by atoms with van der Waals surface area (Å²) >= 11 is 6.12. The number of para-hydroxylation sites is 1. The van der Waals surface area contributed by atoms with Crippen molar-refractivity contribution in [2.75, 3.05) is 25.1 Å². The molecule has 0 bridgehead atoms. The van der Waals surface area contributed by atoms with Gasteiger partial charge >= 0.3 is 0 Å². The smallest absolute Gasteiger partial charge is 0.249 e. The van der Waals surface area contributed by atoms with Crippen molar-refractivity contribution in [1.29, 1.82) is 0 Å². The number of anilines is 1. The van der Waals surface area contributed by atoms with Crippen LogP contribution in [0.2, 0.25) is 5.02 Å². The second kappa shape index (κ2) is 7.87. The number of aromatic nitrogens is 2. The number of nitrogens with one attached hydrogen (secondary N) is 1. The number of nitrogens with zero attached hydrogens (tertiary/aromatic N) is 2. The first-order valence-corrected chi connectivity index (χ1v) is 10.2. The number of H-pyrrole nitrogens is 1. The Hall–Kier alpha value is -2.67. The van der Waals surface area contributed by atoms with Gasteiger partial charge in [-0.1, -0.05) is 29.8 Å². The summed E-state index contributed by atoms with van der Waals surface area (Å²) in [5.41, 5.74) is 1.88. The van der Waals surface area contributed by atoms with E-state index in [1.807, 2.05) is 35.2 Å². The van der Waals surface area contributed by atoms with Crippen LogP contribution in [-0.2, 0) is 0 Å². The fraction of sp³-hybridized carbons (Fsp3) is 0.364. The van der Waals surface area contributed by atoms with Crippen molar-refractivity contribution in [1.82, 2.24) is 9.97 Å². The molecule has 1 aliphatic heterocycles. The van der Waals surface area contributed by atoms with Crippen LogP contribution in [0.25, 0.3) is 22.2 Å². The molecule has 3 aromatic rings. The average molecular weight is 434 g/mol. The molecule has 0 unspecified atom stereocenters. The van der Waals surface area contributed by atoms with Crippen LogP contribution < -0.4 is 15.1 Å². The van der Waals surface area contributed by atoms with Crippen LogP contribution >= 0.6 is 11.6 Å². The van der Waals surface area contributed by atoms with Gasteiger partial charge in [-0.3, -0.25) is 4.79 Å². The zero-order valence-corrected chi connectivity index (χ0v) is 17.5. The molecule has 1 aromatic carbocycles. The van der Waals surface area contributed by atoms with Gasteiger partial charge in [0.25, 0.3) is 0 Å². The van der Waals surface area contributed by atoms with Gasteiger partial charge in [0.1, 0.15) is 10.8 Å². The van der Waals surface area contributed by atoms with E-state index >= 15 is 0 Å². The summed E-state index contributed by atoms with van der Waals surface area (Å²) in [5.74, 6) is -2.07. The van der Waals surface area contributed by atoms with Gasteiger partial charge in [-0.15, -0.1) is 0 Å². The van der Waals surface area contributed by atoms with E-state index in [0.717, 1.165) is 10.9 Å². The molecule has 1 aliphatic rings. The Morgan fingerprint density at radius 2 is 2.00 bits per heavy atom. The van der Waals surface area contributed by atoms with Gasteiger partial charge in [-0.2, -0.15) is 0 Å². The van der Waals surface area contributed by atoms with Gasteiger partial charge in [0, 0.05) is 42.6 Å². The molecule has 0 amide bonds. The van der Waals surface area contributed by atoms with Crippen LogP contribution in [0.5, 0.6) is 5.75 Å². The van der Waals surface area contributed by atoms with Gasteiger partial charge in [0.15, 0.2) is 5.75 Å². The van der Waals surface area contributed by atoms with Crippen molar-refractivity contribution in [3.05, 3.63) is 51.3 Å². The highest BCUT2D eigenvalue weighted by atomic mass is 35.5. The van der Waals surface area contributed by atoms with Crippen LogP contribution in [0, 0.1) is 6.92 Å². The molecule has 30 heavy (non-hydrogen) atoms. The molecule has 0 atom stereocenters. The molecular weight excluding hydrogens is 412 g/mol. The van der Waals surface area contributed by atoms with Crippen LogP contribution in [0.3, 0.4) is 0 Å². The number of rotatable bonds is 3. The fourth-order valence-corrected chi connectivity index (χ4v) is 4.01. The van der Waals surface area contributed by atoms with E-state index < -0.39 is 11.4 Å². The summed E-state index contributed by atoms with van der Waals surface area (Å²) in [4.78, 5) is 22.5. The second-order valence-corrected chi connectivity index (χ2v) is 7.93. The van der Waals surface area contributed by atoms with Gasteiger partial charge < -0.3 is 14.6 Å². The number of ether oxygens (including phenoxy) is 1. The first-order chi connectivity index (χ1) is 14.3. The largest absolute Gasteiger partial charge is 0.491 e. The number of benzene rings is 1. The number of pyridine rings is 2. The van der Waals surface area contributed by atoms with Crippen molar-refractivity contribution >= 4 is 28.3 Å². The minimum Gasteiger partial charge on any atom is -0.491 e. The normalized spacial score (nSPS) is 16.5. The van der Waals surface area contributed by atoms with Crippen LogP contribution in [-0.4, -0.2) is 36.1 Å². The molecular formula is C22H22ClF2N3O2. The van der Waals surface area contributed by atoms with Crippen LogP contribution in [0.4, 0.5) is 14.6 Å². The fourth-order valence-electron chi connectivity index (χ4n) is 3.87. The minimum absolute atomic E-state index is 0.0558. The molecule has 0 spiro atoms. The van der Waals surface area contributed by atoms with E-state index in [9.17, 15) is 13.6 Å². The molecule has 1 saturated heterocycles. The van der Waals surface area contributed by atoms with E-state index in [-0.39, 0.29) is 30.2 Å². The third kappa shape index (κ3) is 3.74. The average Bonchev–Trinajstić information content (AvgIpc) is 2.91. The van der Waals surface area contributed by atoms with Gasteiger partial charge in [-0.05, 0) is 25.5 Å². The van der Waals surface area contributed by atoms with E-state index in [4.69, 9.17) is 21.3 Å². The first-order valence-electron chi connectivity index (χ1n) is 9.80. The van der Waals surface area contributed by atoms with Gasteiger partial charge in [-0.25, -0.2) is 13.8 Å². The molecule has 8 heteroatoms. The van der Waals surface area contributed by atoms with Crippen molar-refractivity contribution < 1.29 is 13.5 Å². The number of halogens is 3. The third-order valence-corrected chi connectivity index (χ3v) is 5.92. The lowest BCUT2D eigenvalue weighted by atomic mass is 10.1. The maximum atomic E-state index is 14.0. The highest BCUT2D eigenvalue weighted by Crippen LogP contribution is 2.38. The van der Waals surface area contributed by atoms with Crippen molar-refractivity contribution in [2.45, 2.75) is 32.1 Å². The molecule has 0 aliphatic carbocycles. The van der Waals surface area contributed by atoms with Crippen molar-refractivity contribution in [3.63, 3.8) is 0 Å². The predicted octanol–water partition coefficient (Wildman–Crippen LogP) is 5.19. The molecule has 158 valence electrons. The monoisotopic (exact) mass is 433 g/mol. The number of aryl methyl sites for hydroxylation is 1. The maximum absolute atomic E-state index is 14.0. The Morgan fingerprint density at radius 3 is 2.77 bits per heavy atom. The Labute approximate surface area is 177 Å². The second-order valence-electron chi connectivity index (χ2n) is 7.55. The lowest BCUT2D eigenvalue weighted by molar-refractivity contribution is -0.0102. The van der Waals surface area contributed by atoms with E-state index in [2.05, 4.69) is 4.98 Å². The molecule has 5 nitrogen and oxygen atoms in total. The van der Waals surface area contributed by atoms with Crippen LogP contribution in [0.15, 0.2) is 35.1 Å². The number of hydrogen-bond donors (Lipinski definition) is 1. The quantitative estimate of drug-likeness (QED) is 0.617. The zero-order chi connectivity index (χ0) is 21.5. The third-order valence-electron chi connectivity index (χ3n) is 5.47. The summed E-state index contributed by atoms with van der Waals surface area (Å²) in [7, 11) is 1.40. The molecule has 0 radical (unpaired) electrons. The standard InChI is InChI=1S/C22H22ClF2N3O2/c1-13-17(23)19(29)20(30-2)18(26-13)15-12-14-6-3-4-7-16(14)27-21(15)28-10-5-8-22(24,25)9-11-28/h3-4,6-7,12H,5,8-11H2,1-2H3,(H,26,29). The summed E-state index contributed by atoms with van der Waals surface area (Å²) in [6, 6.07) is 9.47. The lowest BCUT2D eigenvalue weighted by Crippen LogP contribution is -2.27.